The Hall–Kier alpha value is -3.32. The largest absolute Gasteiger partial charge is 0.454 e. The Morgan fingerprint density at radius 1 is 1.10 bits per heavy atom. The van der Waals surface area contributed by atoms with Gasteiger partial charge in [0.25, 0.3) is 5.91 Å². The Labute approximate surface area is 171 Å². The second-order valence-electron chi connectivity index (χ2n) is 7.00. The summed E-state index contributed by atoms with van der Waals surface area (Å²) in [5.74, 6) is 0.486. The van der Waals surface area contributed by atoms with Crippen molar-refractivity contribution in [2.24, 2.45) is 0 Å². The molecule has 6 nitrogen and oxygen atoms in total. The molecule has 0 fully saturated rings. The third-order valence-corrected chi connectivity index (χ3v) is 6.28. The van der Waals surface area contributed by atoms with Crippen LogP contribution in [0.2, 0.25) is 0 Å². The van der Waals surface area contributed by atoms with E-state index < -0.39 is 5.92 Å². The molecule has 2 amide bonds. The number of hydrogen-bond donors (Lipinski definition) is 1. The van der Waals surface area contributed by atoms with E-state index in [0.717, 1.165) is 10.4 Å². The molecular formula is C22H18N2O4S. The second kappa shape index (κ2) is 6.93. The van der Waals surface area contributed by atoms with Crippen molar-refractivity contribution in [2.75, 3.05) is 19.2 Å². The SMILES string of the molecule is CN1C(=O)c2ccccc2[C@H](C(=O)Nc2ccc3c(c2)OCO3)[C@@H]1c1cccs1. The molecule has 0 bridgehead atoms. The molecule has 2 aliphatic heterocycles. The number of rotatable bonds is 3. The Bertz CT molecular complexity index is 1100. The summed E-state index contributed by atoms with van der Waals surface area (Å²) in [5, 5.41) is 4.96. The van der Waals surface area contributed by atoms with Gasteiger partial charge in [0.05, 0.1) is 12.0 Å². The molecule has 1 N–H and O–H groups in total. The predicted molar refractivity (Wildman–Crippen MR) is 110 cm³/mol. The van der Waals surface area contributed by atoms with Crippen LogP contribution in [-0.2, 0) is 4.79 Å². The third-order valence-electron chi connectivity index (χ3n) is 5.34. The van der Waals surface area contributed by atoms with Gasteiger partial charge >= 0.3 is 0 Å². The average molecular weight is 406 g/mol. The molecule has 2 atom stereocenters. The standard InChI is InChI=1S/C22H18N2O4S/c1-24-20(18-7-4-10-29-18)19(14-5-2-3-6-15(14)22(24)26)21(25)23-13-8-9-16-17(11-13)28-12-27-16/h2-11,19-20H,12H2,1H3,(H,23,25)/t19-,20-/m0/s1. The van der Waals surface area contributed by atoms with Crippen LogP contribution in [0.15, 0.2) is 60.0 Å². The summed E-state index contributed by atoms with van der Waals surface area (Å²) in [6, 6.07) is 16.2. The summed E-state index contributed by atoms with van der Waals surface area (Å²) in [4.78, 5) is 29.1. The maximum absolute atomic E-state index is 13.5. The van der Waals surface area contributed by atoms with E-state index in [0.29, 0.717) is 22.7 Å². The minimum Gasteiger partial charge on any atom is -0.454 e. The molecule has 3 aromatic rings. The minimum absolute atomic E-state index is 0.0777. The maximum atomic E-state index is 13.5. The first-order valence-electron chi connectivity index (χ1n) is 9.23. The molecule has 0 saturated heterocycles. The van der Waals surface area contributed by atoms with Crippen molar-refractivity contribution in [1.82, 2.24) is 4.90 Å². The summed E-state index contributed by atoms with van der Waals surface area (Å²) in [6.45, 7) is 0.177. The molecule has 0 radical (unpaired) electrons. The topological polar surface area (TPSA) is 67.9 Å². The van der Waals surface area contributed by atoms with Gasteiger partial charge in [-0.1, -0.05) is 24.3 Å². The highest BCUT2D eigenvalue weighted by Crippen LogP contribution is 2.44. The molecule has 7 heteroatoms. The second-order valence-corrected chi connectivity index (χ2v) is 7.98. The number of ether oxygens (including phenoxy) is 2. The highest BCUT2D eigenvalue weighted by molar-refractivity contribution is 7.10. The number of benzene rings is 2. The summed E-state index contributed by atoms with van der Waals surface area (Å²) in [6.07, 6.45) is 0. The van der Waals surface area contributed by atoms with Gasteiger partial charge in [0.1, 0.15) is 0 Å². The van der Waals surface area contributed by atoms with Gasteiger partial charge in [0.2, 0.25) is 12.7 Å². The molecule has 0 unspecified atom stereocenters. The zero-order valence-corrected chi connectivity index (χ0v) is 16.4. The number of nitrogens with zero attached hydrogens (tertiary/aromatic N) is 1. The van der Waals surface area contributed by atoms with E-state index in [-0.39, 0.29) is 24.6 Å². The fourth-order valence-corrected chi connectivity index (χ4v) is 4.87. The van der Waals surface area contributed by atoms with E-state index in [1.54, 1.807) is 47.5 Å². The van der Waals surface area contributed by atoms with Crippen molar-refractivity contribution in [2.45, 2.75) is 12.0 Å². The van der Waals surface area contributed by atoms with E-state index in [1.165, 1.54) is 0 Å². The summed E-state index contributed by atoms with van der Waals surface area (Å²) in [5.41, 5.74) is 1.93. The molecule has 0 saturated carbocycles. The number of nitrogens with one attached hydrogen (secondary N) is 1. The zero-order chi connectivity index (χ0) is 20.0. The van der Waals surface area contributed by atoms with Crippen molar-refractivity contribution < 1.29 is 19.1 Å². The van der Waals surface area contributed by atoms with Crippen LogP contribution in [0.4, 0.5) is 5.69 Å². The zero-order valence-electron chi connectivity index (χ0n) is 15.6. The predicted octanol–water partition coefficient (Wildman–Crippen LogP) is 4.03. The number of anilines is 1. The van der Waals surface area contributed by atoms with Crippen molar-refractivity contribution in [3.8, 4) is 11.5 Å². The van der Waals surface area contributed by atoms with Crippen LogP contribution in [0, 0.1) is 0 Å². The van der Waals surface area contributed by atoms with E-state index >= 15 is 0 Å². The third kappa shape index (κ3) is 2.94. The van der Waals surface area contributed by atoms with Gasteiger partial charge < -0.3 is 19.7 Å². The lowest BCUT2D eigenvalue weighted by Gasteiger charge is -2.39. The summed E-state index contributed by atoms with van der Waals surface area (Å²) in [7, 11) is 1.75. The molecule has 5 rings (SSSR count). The average Bonchev–Trinajstić information content (AvgIpc) is 3.42. The lowest BCUT2D eigenvalue weighted by atomic mass is 9.81. The summed E-state index contributed by atoms with van der Waals surface area (Å²) < 4.78 is 10.7. The fraction of sp³-hybridized carbons (Fsp3) is 0.182. The Kier molecular flexibility index (Phi) is 4.24. The van der Waals surface area contributed by atoms with E-state index in [9.17, 15) is 9.59 Å². The molecule has 2 aromatic carbocycles. The van der Waals surface area contributed by atoms with E-state index in [4.69, 9.17) is 9.47 Å². The van der Waals surface area contributed by atoms with Crippen LogP contribution in [0.25, 0.3) is 0 Å². The monoisotopic (exact) mass is 406 g/mol. The van der Waals surface area contributed by atoms with Crippen LogP contribution in [-0.4, -0.2) is 30.6 Å². The van der Waals surface area contributed by atoms with Crippen molar-refractivity contribution in [1.29, 1.82) is 0 Å². The minimum atomic E-state index is -0.530. The number of carbonyl (C=O) groups excluding carboxylic acids is 2. The van der Waals surface area contributed by atoms with Gasteiger partial charge in [-0.05, 0) is 35.2 Å². The number of carbonyl (C=O) groups is 2. The van der Waals surface area contributed by atoms with Gasteiger partial charge in [-0.25, -0.2) is 0 Å². The first-order valence-corrected chi connectivity index (χ1v) is 10.1. The number of fused-ring (bicyclic) bond motifs is 2. The van der Waals surface area contributed by atoms with Gasteiger partial charge in [-0.15, -0.1) is 11.3 Å². The number of amides is 2. The van der Waals surface area contributed by atoms with Crippen molar-refractivity contribution in [3.63, 3.8) is 0 Å². The highest BCUT2D eigenvalue weighted by Gasteiger charge is 2.43. The fourth-order valence-electron chi connectivity index (χ4n) is 3.97. The molecule has 0 spiro atoms. The quantitative estimate of drug-likeness (QED) is 0.713. The van der Waals surface area contributed by atoms with Gasteiger partial charge in [-0.3, -0.25) is 9.59 Å². The molecule has 29 heavy (non-hydrogen) atoms. The van der Waals surface area contributed by atoms with Gasteiger partial charge in [0, 0.05) is 29.2 Å². The van der Waals surface area contributed by atoms with Crippen LogP contribution in [0.3, 0.4) is 0 Å². The number of likely N-dealkylation sites (N-methyl/N-ethyl adjacent to an activating group) is 1. The van der Waals surface area contributed by atoms with E-state index in [2.05, 4.69) is 5.32 Å². The molecule has 3 heterocycles. The first-order chi connectivity index (χ1) is 14.1. The van der Waals surface area contributed by atoms with Gasteiger partial charge in [-0.2, -0.15) is 0 Å². The number of hydrogen-bond acceptors (Lipinski definition) is 5. The Balaban J connectivity index is 1.55. The lowest BCUT2D eigenvalue weighted by molar-refractivity contribution is -0.119. The summed E-state index contributed by atoms with van der Waals surface area (Å²) >= 11 is 1.54. The smallest absolute Gasteiger partial charge is 0.254 e. The Morgan fingerprint density at radius 3 is 2.76 bits per heavy atom. The van der Waals surface area contributed by atoms with Crippen LogP contribution < -0.4 is 14.8 Å². The molecular weight excluding hydrogens is 388 g/mol. The van der Waals surface area contributed by atoms with E-state index in [1.807, 2.05) is 35.7 Å². The molecule has 1 aromatic heterocycles. The van der Waals surface area contributed by atoms with Crippen molar-refractivity contribution in [3.05, 3.63) is 76.0 Å². The maximum Gasteiger partial charge on any atom is 0.254 e. The normalized spacial score (nSPS) is 19.8. The highest BCUT2D eigenvalue weighted by atomic mass is 32.1. The molecule has 146 valence electrons. The van der Waals surface area contributed by atoms with Crippen LogP contribution in [0.1, 0.15) is 32.8 Å². The Morgan fingerprint density at radius 2 is 1.93 bits per heavy atom. The van der Waals surface area contributed by atoms with Crippen LogP contribution >= 0.6 is 11.3 Å². The van der Waals surface area contributed by atoms with Gasteiger partial charge in [0.15, 0.2) is 11.5 Å². The lowest BCUT2D eigenvalue weighted by Crippen LogP contribution is -2.43. The van der Waals surface area contributed by atoms with Crippen LogP contribution in [0.5, 0.6) is 11.5 Å². The van der Waals surface area contributed by atoms with Crippen molar-refractivity contribution >= 4 is 28.8 Å². The first kappa shape index (κ1) is 17.8. The number of thiophene rings is 1. The molecule has 2 aliphatic rings. The molecule has 0 aliphatic carbocycles.